The van der Waals surface area contributed by atoms with E-state index in [1.807, 2.05) is 0 Å². The van der Waals surface area contributed by atoms with E-state index in [2.05, 4.69) is 5.32 Å². The van der Waals surface area contributed by atoms with Crippen LogP contribution in [0.4, 0.5) is 5.69 Å². The van der Waals surface area contributed by atoms with Crippen LogP contribution >= 0.6 is 0 Å². The molecule has 1 saturated heterocycles. The number of hydrogen-bond donors (Lipinski definition) is 1. The van der Waals surface area contributed by atoms with Crippen molar-refractivity contribution in [1.29, 1.82) is 0 Å². The number of hydrogen-bond acceptors (Lipinski definition) is 5. The lowest BCUT2D eigenvalue weighted by molar-refractivity contribution is -0.111. The Morgan fingerprint density at radius 1 is 1.11 bits per heavy atom. The van der Waals surface area contributed by atoms with Crippen molar-refractivity contribution in [2.45, 2.75) is 19.3 Å². The van der Waals surface area contributed by atoms with E-state index in [9.17, 15) is 9.59 Å². The maximum Gasteiger partial charge on any atom is 0.256 e. The Bertz CT molecular complexity index is 852. The van der Waals surface area contributed by atoms with Gasteiger partial charge < -0.3 is 24.1 Å². The van der Waals surface area contributed by atoms with Gasteiger partial charge in [-0.1, -0.05) is 0 Å². The summed E-state index contributed by atoms with van der Waals surface area (Å²) in [5, 5.41) is 2.77. The summed E-state index contributed by atoms with van der Waals surface area (Å²) < 4.78 is 15.8. The van der Waals surface area contributed by atoms with Crippen molar-refractivity contribution in [2.24, 2.45) is 0 Å². The van der Waals surface area contributed by atoms with Gasteiger partial charge >= 0.3 is 0 Å². The average molecular weight is 384 g/mol. The fraction of sp³-hybridized carbons (Fsp3) is 0.333. The van der Waals surface area contributed by atoms with Gasteiger partial charge in [0.1, 0.15) is 5.76 Å². The molecule has 0 saturated carbocycles. The minimum absolute atomic E-state index is 0.133. The Hall–Kier alpha value is -3.22. The maximum atomic E-state index is 13.1. The van der Waals surface area contributed by atoms with Gasteiger partial charge in [0, 0.05) is 25.2 Å². The van der Waals surface area contributed by atoms with Crippen LogP contribution in [0.5, 0.6) is 11.5 Å². The Kier molecular flexibility index (Phi) is 6.37. The summed E-state index contributed by atoms with van der Waals surface area (Å²) in [6, 6.07) is 6.70. The number of anilines is 1. The number of benzene rings is 1. The lowest BCUT2D eigenvalue weighted by atomic mass is 10.1. The molecule has 1 fully saturated rings. The molecule has 0 aliphatic carbocycles. The topological polar surface area (TPSA) is 81.0 Å². The molecule has 1 N–H and O–H groups in total. The number of carbonyl (C=O) groups excluding carboxylic acids is 2. The summed E-state index contributed by atoms with van der Waals surface area (Å²) >= 11 is 0. The molecule has 0 spiro atoms. The highest BCUT2D eigenvalue weighted by molar-refractivity contribution is 6.08. The van der Waals surface area contributed by atoms with Crippen LogP contribution in [0.2, 0.25) is 0 Å². The van der Waals surface area contributed by atoms with Gasteiger partial charge in [0.05, 0.1) is 31.7 Å². The Balaban J connectivity index is 1.88. The summed E-state index contributed by atoms with van der Waals surface area (Å²) in [7, 11) is 3.02. The van der Waals surface area contributed by atoms with Crippen LogP contribution in [-0.4, -0.2) is 44.0 Å². The number of nitrogens with zero attached hydrogens (tertiary/aromatic N) is 1. The van der Waals surface area contributed by atoms with E-state index in [-0.39, 0.29) is 11.8 Å². The average Bonchev–Trinajstić information content (AvgIpc) is 3.25. The number of methoxy groups -OCH3 is 2. The summed E-state index contributed by atoms with van der Waals surface area (Å²) in [6.45, 7) is 1.41. The second kappa shape index (κ2) is 9.12. The van der Waals surface area contributed by atoms with Crippen molar-refractivity contribution in [3.05, 3.63) is 47.9 Å². The molecule has 148 valence electrons. The monoisotopic (exact) mass is 384 g/mol. The van der Waals surface area contributed by atoms with E-state index in [4.69, 9.17) is 13.9 Å². The minimum atomic E-state index is -0.378. The number of rotatable bonds is 6. The molecule has 1 aromatic heterocycles. The van der Waals surface area contributed by atoms with E-state index in [1.54, 1.807) is 35.2 Å². The van der Waals surface area contributed by atoms with Crippen molar-refractivity contribution in [3.63, 3.8) is 0 Å². The molecular weight excluding hydrogens is 360 g/mol. The van der Waals surface area contributed by atoms with E-state index >= 15 is 0 Å². The van der Waals surface area contributed by atoms with E-state index in [0.29, 0.717) is 41.6 Å². The summed E-state index contributed by atoms with van der Waals surface area (Å²) in [6.07, 6.45) is 7.52. The largest absolute Gasteiger partial charge is 0.493 e. The zero-order chi connectivity index (χ0) is 19.9. The Morgan fingerprint density at radius 2 is 1.82 bits per heavy atom. The fourth-order valence-electron chi connectivity index (χ4n) is 3.15. The number of furan rings is 1. The molecule has 0 radical (unpaired) electrons. The normalized spacial score (nSPS) is 14.1. The second-order valence-corrected chi connectivity index (χ2v) is 6.44. The van der Waals surface area contributed by atoms with Crippen LogP contribution in [0.1, 0.15) is 35.4 Å². The van der Waals surface area contributed by atoms with E-state index in [1.165, 1.54) is 26.6 Å². The smallest absolute Gasteiger partial charge is 0.256 e. The van der Waals surface area contributed by atoms with Crippen LogP contribution in [0.3, 0.4) is 0 Å². The molecule has 2 heterocycles. The number of likely N-dealkylation sites (tertiary alicyclic amines) is 1. The maximum absolute atomic E-state index is 13.1. The first kappa shape index (κ1) is 19.5. The summed E-state index contributed by atoms with van der Waals surface area (Å²) in [5.74, 6) is 0.921. The molecule has 1 aliphatic rings. The standard InChI is InChI=1S/C21H24N2O5/c1-26-18-13-16(21(25)23-10-4-3-5-11-23)17(14-19(18)27-2)22-20(24)9-8-15-7-6-12-28-15/h6-9,12-14H,3-5,10-11H2,1-2H3,(H,22,24)/b9-8+. The molecule has 7 heteroatoms. The molecule has 1 aromatic carbocycles. The molecular formula is C21H24N2O5. The van der Waals surface area contributed by atoms with Crippen LogP contribution in [0, 0.1) is 0 Å². The Labute approximate surface area is 163 Å². The Morgan fingerprint density at radius 3 is 2.46 bits per heavy atom. The number of nitrogens with one attached hydrogen (secondary N) is 1. The van der Waals surface area contributed by atoms with Crippen molar-refractivity contribution < 1.29 is 23.5 Å². The van der Waals surface area contributed by atoms with Crippen LogP contribution in [0.15, 0.2) is 41.0 Å². The van der Waals surface area contributed by atoms with Gasteiger partial charge in [0.25, 0.3) is 5.91 Å². The highest BCUT2D eigenvalue weighted by Gasteiger charge is 2.24. The van der Waals surface area contributed by atoms with Gasteiger partial charge in [0.15, 0.2) is 11.5 Å². The number of amides is 2. The van der Waals surface area contributed by atoms with Crippen LogP contribution in [-0.2, 0) is 4.79 Å². The third kappa shape index (κ3) is 4.54. The molecule has 0 bridgehead atoms. The molecule has 1 aliphatic heterocycles. The quantitative estimate of drug-likeness (QED) is 0.770. The highest BCUT2D eigenvalue weighted by atomic mass is 16.5. The lowest BCUT2D eigenvalue weighted by Gasteiger charge is -2.28. The van der Waals surface area contributed by atoms with Crippen molar-refractivity contribution in [2.75, 3.05) is 32.6 Å². The van der Waals surface area contributed by atoms with Gasteiger partial charge in [-0.25, -0.2) is 0 Å². The lowest BCUT2D eigenvalue weighted by Crippen LogP contribution is -2.36. The van der Waals surface area contributed by atoms with Gasteiger partial charge in [-0.2, -0.15) is 0 Å². The third-order valence-electron chi connectivity index (χ3n) is 4.60. The first-order valence-corrected chi connectivity index (χ1v) is 9.20. The first-order chi connectivity index (χ1) is 13.6. The van der Waals surface area contributed by atoms with Gasteiger partial charge in [-0.05, 0) is 43.5 Å². The van der Waals surface area contributed by atoms with E-state index in [0.717, 1.165) is 19.3 Å². The zero-order valence-corrected chi connectivity index (χ0v) is 16.1. The number of carbonyl (C=O) groups is 2. The molecule has 2 amide bonds. The van der Waals surface area contributed by atoms with Gasteiger partial charge in [0.2, 0.25) is 5.91 Å². The third-order valence-corrected chi connectivity index (χ3v) is 4.60. The van der Waals surface area contributed by atoms with Crippen molar-refractivity contribution in [1.82, 2.24) is 4.90 Å². The molecule has 0 atom stereocenters. The molecule has 2 aromatic rings. The molecule has 28 heavy (non-hydrogen) atoms. The zero-order valence-electron chi connectivity index (χ0n) is 16.1. The summed E-state index contributed by atoms with van der Waals surface area (Å²) in [5.41, 5.74) is 0.751. The van der Waals surface area contributed by atoms with Gasteiger partial charge in [-0.15, -0.1) is 0 Å². The first-order valence-electron chi connectivity index (χ1n) is 9.20. The predicted octanol–water partition coefficient (Wildman–Crippen LogP) is 3.57. The highest BCUT2D eigenvalue weighted by Crippen LogP contribution is 2.34. The second-order valence-electron chi connectivity index (χ2n) is 6.44. The van der Waals surface area contributed by atoms with Crippen molar-refractivity contribution >= 4 is 23.6 Å². The minimum Gasteiger partial charge on any atom is -0.493 e. The SMILES string of the molecule is COc1cc(NC(=O)/C=C/c2ccco2)c(C(=O)N2CCCCC2)cc1OC. The summed E-state index contributed by atoms with van der Waals surface area (Å²) in [4.78, 5) is 27.2. The van der Waals surface area contributed by atoms with Crippen molar-refractivity contribution in [3.8, 4) is 11.5 Å². The molecule has 7 nitrogen and oxygen atoms in total. The van der Waals surface area contributed by atoms with Crippen LogP contribution in [0.25, 0.3) is 6.08 Å². The predicted molar refractivity (Wildman–Crippen MR) is 106 cm³/mol. The fourth-order valence-corrected chi connectivity index (χ4v) is 3.15. The van der Waals surface area contributed by atoms with E-state index < -0.39 is 0 Å². The molecule has 0 unspecified atom stereocenters. The number of piperidine rings is 1. The van der Waals surface area contributed by atoms with Crippen LogP contribution < -0.4 is 14.8 Å². The number of ether oxygens (including phenoxy) is 2. The van der Waals surface area contributed by atoms with Gasteiger partial charge in [-0.3, -0.25) is 9.59 Å². The molecule has 3 rings (SSSR count).